The number of nitrogens with one attached hydrogen (secondary N) is 3. The van der Waals surface area contributed by atoms with Crippen LogP contribution in [0, 0.1) is 0 Å². The van der Waals surface area contributed by atoms with Crippen LogP contribution in [0.5, 0.6) is 0 Å². The SMILES string of the molecule is CCCCC(=O)NC(=S)NNC(=O)C(c1ccccc1)c1ccccc1. The Hall–Kier alpha value is -2.73. The molecule has 2 aromatic carbocycles. The third-order valence-electron chi connectivity index (χ3n) is 3.84. The van der Waals surface area contributed by atoms with Crippen molar-refractivity contribution >= 4 is 29.1 Å². The molecule has 0 radical (unpaired) electrons. The third-order valence-corrected chi connectivity index (χ3v) is 4.04. The monoisotopic (exact) mass is 369 g/mol. The number of carbonyl (C=O) groups is 2. The molecule has 26 heavy (non-hydrogen) atoms. The first-order valence-electron chi connectivity index (χ1n) is 8.61. The van der Waals surface area contributed by atoms with E-state index in [1.807, 2.05) is 67.6 Å². The second kappa shape index (κ2) is 10.3. The second-order valence-corrected chi connectivity index (χ2v) is 6.26. The van der Waals surface area contributed by atoms with Gasteiger partial charge in [0, 0.05) is 6.42 Å². The molecule has 3 N–H and O–H groups in total. The summed E-state index contributed by atoms with van der Waals surface area (Å²) < 4.78 is 0. The highest BCUT2D eigenvalue weighted by molar-refractivity contribution is 7.80. The molecule has 2 rings (SSSR count). The molecule has 0 aliphatic heterocycles. The highest BCUT2D eigenvalue weighted by Gasteiger charge is 2.22. The number of amides is 2. The van der Waals surface area contributed by atoms with Crippen molar-refractivity contribution in [1.82, 2.24) is 16.2 Å². The zero-order chi connectivity index (χ0) is 18.8. The number of thiocarbonyl (C=S) groups is 1. The van der Waals surface area contributed by atoms with E-state index < -0.39 is 5.92 Å². The minimum atomic E-state index is -0.483. The standard InChI is InChI=1S/C20H23N3O2S/c1-2-3-14-17(24)21-20(26)23-22-19(25)18(15-10-6-4-7-11-15)16-12-8-5-9-13-16/h4-13,18H,2-3,14H2,1H3,(H,22,25)(H2,21,23,24,26). The Bertz CT molecular complexity index is 696. The first-order chi connectivity index (χ1) is 12.6. The van der Waals surface area contributed by atoms with E-state index in [2.05, 4.69) is 16.2 Å². The van der Waals surface area contributed by atoms with Gasteiger partial charge in [-0.3, -0.25) is 20.4 Å². The summed E-state index contributed by atoms with van der Waals surface area (Å²) >= 11 is 5.06. The summed E-state index contributed by atoms with van der Waals surface area (Å²) in [6.45, 7) is 2.01. The predicted octanol–water partition coefficient (Wildman–Crippen LogP) is 3.03. The van der Waals surface area contributed by atoms with Gasteiger partial charge in [0.2, 0.25) is 11.8 Å². The molecule has 0 fully saturated rings. The fourth-order valence-corrected chi connectivity index (χ4v) is 2.70. The largest absolute Gasteiger partial charge is 0.302 e. The van der Waals surface area contributed by atoms with E-state index in [-0.39, 0.29) is 16.9 Å². The smallest absolute Gasteiger partial charge is 0.250 e. The summed E-state index contributed by atoms with van der Waals surface area (Å²) in [5.74, 6) is -0.905. The number of carbonyl (C=O) groups excluding carboxylic acids is 2. The lowest BCUT2D eigenvalue weighted by molar-refractivity contribution is -0.123. The Labute approximate surface area is 159 Å². The van der Waals surface area contributed by atoms with Crippen LogP contribution in [0.15, 0.2) is 60.7 Å². The summed E-state index contributed by atoms with van der Waals surface area (Å²) in [5.41, 5.74) is 6.95. The van der Waals surface area contributed by atoms with Crippen LogP contribution in [0.2, 0.25) is 0 Å². The van der Waals surface area contributed by atoms with E-state index >= 15 is 0 Å². The van der Waals surface area contributed by atoms with E-state index in [1.165, 1.54) is 0 Å². The topological polar surface area (TPSA) is 70.2 Å². The van der Waals surface area contributed by atoms with E-state index in [9.17, 15) is 9.59 Å². The quantitative estimate of drug-likeness (QED) is 0.541. The van der Waals surface area contributed by atoms with Crippen LogP contribution in [0.1, 0.15) is 43.2 Å². The minimum Gasteiger partial charge on any atom is -0.302 e. The van der Waals surface area contributed by atoms with Gasteiger partial charge in [0.1, 0.15) is 0 Å². The number of hydrazine groups is 1. The van der Waals surface area contributed by atoms with Crippen LogP contribution >= 0.6 is 12.2 Å². The molecule has 2 aromatic rings. The van der Waals surface area contributed by atoms with Crippen molar-refractivity contribution < 1.29 is 9.59 Å². The van der Waals surface area contributed by atoms with Crippen LogP contribution in [0.25, 0.3) is 0 Å². The molecule has 0 aliphatic rings. The van der Waals surface area contributed by atoms with Gasteiger partial charge >= 0.3 is 0 Å². The summed E-state index contributed by atoms with van der Waals surface area (Å²) in [5, 5.41) is 2.64. The van der Waals surface area contributed by atoms with Crippen molar-refractivity contribution in [3.05, 3.63) is 71.8 Å². The van der Waals surface area contributed by atoms with Crippen molar-refractivity contribution in [3.63, 3.8) is 0 Å². The van der Waals surface area contributed by atoms with Gasteiger partial charge in [0.25, 0.3) is 0 Å². The molecule has 0 spiro atoms. The number of unbranched alkanes of at least 4 members (excludes halogenated alkanes) is 1. The second-order valence-electron chi connectivity index (χ2n) is 5.85. The van der Waals surface area contributed by atoms with Crippen molar-refractivity contribution in [2.24, 2.45) is 0 Å². The van der Waals surface area contributed by atoms with E-state index in [0.717, 1.165) is 24.0 Å². The molecule has 0 unspecified atom stereocenters. The number of hydrogen-bond acceptors (Lipinski definition) is 3. The molecule has 0 saturated heterocycles. The van der Waals surface area contributed by atoms with Gasteiger partial charge in [-0.15, -0.1) is 0 Å². The van der Waals surface area contributed by atoms with Crippen LogP contribution in [-0.2, 0) is 9.59 Å². The summed E-state index contributed by atoms with van der Waals surface area (Å²) in [4.78, 5) is 24.4. The molecule has 0 aromatic heterocycles. The van der Waals surface area contributed by atoms with Crippen LogP contribution in [0.3, 0.4) is 0 Å². The number of hydrogen-bond donors (Lipinski definition) is 3. The summed E-state index contributed by atoms with van der Waals surface area (Å²) in [7, 11) is 0. The predicted molar refractivity (Wildman–Crippen MR) is 106 cm³/mol. The third kappa shape index (κ3) is 5.97. The molecule has 0 heterocycles. The fourth-order valence-electron chi connectivity index (χ4n) is 2.53. The van der Waals surface area contributed by atoms with Crippen LogP contribution < -0.4 is 16.2 Å². The maximum Gasteiger partial charge on any atom is 0.250 e. The molecule has 0 saturated carbocycles. The van der Waals surface area contributed by atoms with Crippen molar-refractivity contribution in [2.75, 3.05) is 0 Å². The van der Waals surface area contributed by atoms with E-state index in [4.69, 9.17) is 12.2 Å². The fraction of sp³-hybridized carbons (Fsp3) is 0.250. The first kappa shape index (κ1) is 19.6. The summed E-state index contributed by atoms with van der Waals surface area (Å²) in [6.07, 6.45) is 2.13. The average molecular weight is 369 g/mol. The average Bonchev–Trinajstić information content (AvgIpc) is 2.66. The molecular formula is C20H23N3O2S. The molecule has 6 heteroatoms. The lowest BCUT2D eigenvalue weighted by Crippen LogP contribution is -2.49. The Morgan fingerprint density at radius 3 is 1.96 bits per heavy atom. The zero-order valence-electron chi connectivity index (χ0n) is 14.7. The van der Waals surface area contributed by atoms with Gasteiger partial charge < -0.3 is 5.32 Å². The first-order valence-corrected chi connectivity index (χ1v) is 9.02. The molecule has 136 valence electrons. The Morgan fingerprint density at radius 1 is 0.923 bits per heavy atom. The van der Waals surface area contributed by atoms with Gasteiger partial charge in [-0.05, 0) is 29.8 Å². The minimum absolute atomic E-state index is 0.0827. The number of rotatable bonds is 6. The van der Waals surface area contributed by atoms with Gasteiger partial charge in [0.05, 0.1) is 5.92 Å². The van der Waals surface area contributed by atoms with Crippen molar-refractivity contribution in [3.8, 4) is 0 Å². The molecular weight excluding hydrogens is 346 g/mol. The Kier molecular flexibility index (Phi) is 7.76. The Morgan fingerprint density at radius 2 is 1.46 bits per heavy atom. The van der Waals surface area contributed by atoms with Gasteiger partial charge in [-0.25, -0.2) is 0 Å². The van der Waals surface area contributed by atoms with Gasteiger partial charge in [-0.2, -0.15) is 0 Å². The molecule has 2 amide bonds. The molecule has 0 aliphatic carbocycles. The van der Waals surface area contributed by atoms with Crippen LogP contribution in [-0.4, -0.2) is 16.9 Å². The molecule has 5 nitrogen and oxygen atoms in total. The van der Waals surface area contributed by atoms with Gasteiger partial charge in [0.15, 0.2) is 5.11 Å². The highest BCUT2D eigenvalue weighted by Crippen LogP contribution is 2.24. The van der Waals surface area contributed by atoms with E-state index in [1.54, 1.807) is 0 Å². The zero-order valence-corrected chi connectivity index (χ0v) is 15.5. The highest BCUT2D eigenvalue weighted by atomic mass is 32.1. The maximum absolute atomic E-state index is 12.8. The normalized spacial score (nSPS) is 10.2. The molecule has 0 atom stereocenters. The van der Waals surface area contributed by atoms with Gasteiger partial charge in [-0.1, -0.05) is 74.0 Å². The van der Waals surface area contributed by atoms with E-state index in [0.29, 0.717) is 6.42 Å². The summed E-state index contributed by atoms with van der Waals surface area (Å²) in [6, 6.07) is 19.0. The lowest BCUT2D eigenvalue weighted by Gasteiger charge is -2.19. The number of benzene rings is 2. The maximum atomic E-state index is 12.8. The van der Waals surface area contributed by atoms with Crippen LogP contribution in [0.4, 0.5) is 0 Å². The Balaban J connectivity index is 2.02. The lowest BCUT2D eigenvalue weighted by atomic mass is 9.91. The van der Waals surface area contributed by atoms with Crippen molar-refractivity contribution in [2.45, 2.75) is 32.1 Å². The van der Waals surface area contributed by atoms with Crippen molar-refractivity contribution in [1.29, 1.82) is 0 Å². The molecule has 0 bridgehead atoms.